The smallest absolute Gasteiger partial charge is 0.387 e. The number of methoxy groups -OCH3 is 1. The number of carbonyl (C=O) groups is 1. The van der Waals surface area contributed by atoms with Gasteiger partial charge >= 0.3 is 6.61 Å². The lowest BCUT2D eigenvalue weighted by molar-refractivity contribution is -0.0537. The normalized spacial score (nSPS) is 23.0. The molecule has 10 heteroatoms. The Balaban J connectivity index is 1.74. The second-order valence-corrected chi connectivity index (χ2v) is 9.33. The van der Waals surface area contributed by atoms with E-state index in [1.807, 2.05) is 36.3 Å². The van der Waals surface area contributed by atoms with Crippen molar-refractivity contribution in [2.24, 2.45) is 5.41 Å². The first-order valence-corrected chi connectivity index (χ1v) is 12.4. The summed E-state index contributed by atoms with van der Waals surface area (Å²) >= 11 is 0. The van der Waals surface area contributed by atoms with Gasteiger partial charge in [0.15, 0.2) is 0 Å². The molecule has 2 atom stereocenters. The molecule has 2 heterocycles. The maximum Gasteiger partial charge on any atom is 0.387 e. The highest BCUT2D eigenvalue weighted by Crippen LogP contribution is 2.42. The van der Waals surface area contributed by atoms with Crippen molar-refractivity contribution in [1.29, 1.82) is 5.26 Å². The Labute approximate surface area is 219 Å². The molecule has 2 aliphatic heterocycles. The minimum Gasteiger partial charge on any atom is -0.496 e. The van der Waals surface area contributed by atoms with Crippen LogP contribution in [0.1, 0.15) is 49.0 Å². The molecule has 1 aromatic carbocycles. The number of hydrogen-bond donors (Lipinski definition) is 1. The zero-order valence-electron chi connectivity index (χ0n) is 21.5. The van der Waals surface area contributed by atoms with Gasteiger partial charge in [-0.3, -0.25) is 4.79 Å². The molecule has 1 aliphatic carbocycles. The average molecular weight is 530 g/mol. The fourth-order valence-electron chi connectivity index (χ4n) is 4.40. The van der Waals surface area contributed by atoms with Crippen LogP contribution in [-0.4, -0.2) is 50.0 Å². The maximum atomic E-state index is 13.4. The van der Waals surface area contributed by atoms with E-state index >= 15 is 0 Å². The first-order chi connectivity index (χ1) is 18.3. The van der Waals surface area contributed by atoms with E-state index in [4.69, 9.17) is 14.2 Å². The van der Waals surface area contributed by atoms with Crippen molar-refractivity contribution in [1.82, 2.24) is 10.2 Å². The first-order valence-electron chi connectivity index (χ1n) is 12.4. The van der Waals surface area contributed by atoms with Gasteiger partial charge in [0.25, 0.3) is 5.91 Å². The Hall–Kier alpha value is -3.71. The lowest BCUT2D eigenvalue weighted by Crippen LogP contribution is -2.43. The van der Waals surface area contributed by atoms with Crippen molar-refractivity contribution in [3.63, 3.8) is 0 Å². The summed E-state index contributed by atoms with van der Waals surface area (Å²) in [5.74, 6) is -1.12. The third kappa shape index (κ3) is 5.43. The molecule has 0 radical (unpaired) electrons. The number of nitriles is 1. The lowest BCUT2D eigenvalue weighted by Gasteiger charge is -2.39. The fourth-order valence-corrected chi connectivity index (χ4v) is 4.40. The molecule has 2 fully saturated rings. The van der Waals surface area contributed by atoms with Gasteiger partial charge in [0.05, 0.1) is 32.4 Å². The number of ether oxygens (including phenoxy) is 3. The van der Waals surface area contributed by atoms with Crippen molar-refractivity contribution in [2.75, 3.05) is 20.3 Å². The predicted molar refractivity (Wildman–Crippen MR) is 135 cm³/mol. The van der Waals surface area contributed by atoms with E-state index in [9.17, 15) is 23.2 Å². The molecule has 0 bridgehead atoms. The summed E-state index contributed by atoms with van der Waals surface area (Å²) in [6.45, 7) is 1.28. The number of carbonyl (C=O) groups excluding carboxylic acids is 1. The molecule has 7 nitrogen and oxygen atoms in total. The molecule has 202 valence electrons. The van der Waals surface area contributed by atoms with E-state index in [1.165, 1.54) is 13.2 Å². The second kappa shape index (κ2) is 11.4. The van der Waals surface area contributed by atoms with Crippen LogP contribution < -0.4 is 14.8 Å². The zero-order valence-corrected chi connectivity index (χ0v) is 21.5. The van der Waals surface area contributed by atoms with Gasteiger partial charge in [0.2, 0.25) is 0 Å². The van der Waals surface area contributed by atoms with Gasteiger partial charge in [-0.15, -0.1) is 0 Å². The van der Waals surface area contributed by atoms with Gasteiger partial charge < -0.3 is 24.4 Å². The minimum absolute atomic E-state index is 0.0115. The Morgan fingerprint density at radius 3 is 2.61 bits per heavy atom. The van der Waals surface area contributed by atoms with Crippen LogP contribution >= 0.6 is 0 Å². The van der Waals surface area contributed by atoms with Gasteiger partial charge in [-0.2, -0.15) is 14.0 Å². The van der Waals surface area contributed by atoms with E-state index in [0.717, 1.165) is 24.1 Å². The van der Waals surface area contributed by atoms with Crippen molar-refractivity contribution >= 4 is 11.6 Å². The SMILES string of the molecule is C/C=C(/c1cc(OC)c(C(=O)NC2CC2F)c(OC(F)F)c1)N1C=CC(C2(C#N)COC2)=C/C1=C\CCC. The van der Waals surface area contributed by atoms with E-state index in [0.29, 0.717) is 24.5 Å². The van der Waals surface area contributed by atoms with E-state index < -0.39 is 30.1 Å². The molecule has 0 spiro atoms. The van der Waals surface area contributed by atoms with E-state index in [1.54, 1.807) is 19.1 Å². The molecule has 3 aliphatic rings. The third-order valence-corrected chi connectivity index (χ3v) is 6.68. The number of hydrogen-bond acceptors (Lipinski definition) is 6. The summed E-state index contributed by atoms with van der Waals surface area (Å²) in [6.07, 6.45) is 10.1. The van der Waals surface area contributed by atoms with Gasteiger partial charge in [-0.25, -0.2) is 4.39 Å². The predicted octanol–water partition coefficient (Wildman–Crippen LogP) is 5.48. The number of nitrogens with one attached hydrogen (secondary N) is 1. The molecule has 1 amide bonds. The van der Waals surface area contributed by atoms with Gasteiger partial charge in [0.1, 0.15) is 28.6 Å². The molecule has 4 rings (SSSR count). The number of rotatable bonds is 10. The van der Waals surface area contributed by atoms with Gasteiger partial charge in [0, 0.05) is 29.6 Å². The minimum atomic E-state index is -3.20. The van der Waals surface area contributed by atoms with Gasteiger partial charge in [-0.1, -0.05) is 25.5 Å². The van der Waals surface area contributed by atoms with Crippen LogP contribution in [0.4, 0.5) is 13.2 Å². The molecule has 1 saturated carbocycles. The Kier molecular flexibility index (Phi) is 8.17. The summed E-state index contributed by atoms with van der Waals surface area (Å²) in [7, 11) is 1.32. The standard InChI is InChI=1S/C28H30F3N3O4/c1-4-6-7-19-12-18(28(14-32)15-37-16-28)8-9-34(19)22(5-2)17-10-23(36-3)25(24(11-17)38-27(30)31)26(35)33-21-13-20(21)29/h5,7-12,20-21,27H,4,6,13,15-16H2,1-3H3,(H,33,35)/b19-7+,22-5-. The number of allylic oxidation sites excluding steroid dienone is 4. The highest BCUT2D eigenvalue weighted by molar-refractivity contribution is 6.00. The van der Waals surface area contributed by atoms with Crippen molar-refractivity contribution < 1.29 is 32.2 Å². The number of alkyl halides is 3. The molecule has 2 unspecified atom stereocenters. The maximum absolute atomic E-state index is 13.4. The summed E-state index contributed by atoms with van der Waals surface area (Å²) < 4.78 is 55.6. The molecule has 1 N–H and O–H groups in total. The Morgan fingerprint density at radius 2 is 2.08 bits per heavy atom. The van der Waals surface area contributed by atoms with Gasteiger partial charge in [-0.05, 0) is 43.2 Å². The summed E-state index contributed by atoms with van der Waals surface area (Å²) in [6, 6.07) is 4.60. The number of amides is 1. The Bertz CT molecular complexity index is 1240. The monoisotopic (exact) mass is 529 g/mol. The molecule has 38 heavy (non-hydrogen) atoms. The topological polar surface area (TPSA) is 83.8 Å². The van der Waals surface area contributed by atoms with Crippen LogP contribution in [0.5, 0.6) is 11.5 Å². The quantitative estimate of drug-likeness (QED) is 0.432. The van der Waals surface area contributed by atoms with Crippen molar-refractivity contribution in [2.45, 2.75) is 51.9 Å². The van der Waals surface area contributed by atoms with Crippen LogP contribution in [0.25, 0.3) is 5.70 Å². The third-order valence-electron chi connectivity index (χ3n) is 6.68. The van der Waals surface area contributed by atoms with E-state index in [-0.39, 0.29) is 23.5 Å². The Morgan fingerprint density at radius 1 is 1.37 bits per heavy atom. The number of benzene rings is 1. The average Bonchev–Trinajstić information content (AvgIpc) is 3.56. The lowest BCUT2D eigenvalue weighted by atomic mass is 9.78. The molecular formula is C28H30F3N3O4. The largest absolute Gasteiger partial charge is 0.496 e. The summed E-state index contributed by atoms with van der Waals surface area (Å²) in [5.41, 5.74) is 1.77. The number of nitrogens with zero attached hydrogens (tertiary/aromatic N) is 2. The highest BCUT2D eigenvalue weighted by Gasteiger charge is 2.43. The molecule has 1 aromatic rings. The summed E-state index contributed by atoms with van der Waals surface area (Å²) in [4.78, 5) is 14.7. The second-order valence-electron chi connectivity index (χ2n) is 9.33. The van der Waals surface area contributed by atoms with Crippen LogP contribution in [0, 0.1) is 16.7 Å². The van der Waals surface area contributed by atoms with Crippen LogP contribution in [-0.2, 0) is 4.74 Å². The van der Waals surface area contributed by atoms with E-state index in [2.05, 4.69) is 11.4 Å². The van der Waals surface area contributed by atoms with Crippen molar-refractivity contribution in [3.05, 3.63) is 65.0 Å². The fraction of sp³-hybridized carbons (Fsp3) is 0.429. The van der Waals surface area contributed by atoms with Crippen molar-refractivity contribution in [3.8, 4) is 17.6 Å². The summed E-state index contributed by atoms with van der Waals surface area (Å²) in [5, 5.41) is 12.3. The van der Waals surface area contributed by atoms with Crippen LogP contribution in [0.3, 0.4) is 0 Å². The molecule has 0 aromatic heterocycles. The van der Waals surface area contributed by atoms with Crippen LogP contribution in [0.2, 0.25) is 0 Å². The number of halogens is 3. The highest BCUT2D eigenvalue weighted by atomic mass is 19.3. The van der Waals surface area contributed by atoms with Crippen LogP contribution in [0.15, 0.2) is 53.9 Å². The number of unbranched alkanes of at least 4 members (excludes halogenated alkanes) is 1. The first kappa shape index (κ1) is 27.3. The zero-order chi connectivity index (χ0) is 27.4. The molecular weight excluding hydrogens is 499 g/mol. The molecule has 1 saturated heterocycles.